The Morgan fingerprint density at radius 1 is 1.09 bits per heavy atom. The second-order valence-electron chi connectivity index (χ2n) is 7.00. The van der Waals surface area contributed by atoms with E-state index in [1.54, 1.807) is 23.7 Å². The summed E-state index contributed by atoms with van der Waals surface area (Å²) in [5, 5.41) is 10.7. The molecule has 0 spiro atoms. The van der Waals surface area contributed by atoms with Gasteiger partial charge in [0, 0.05) is 19.7 Å². The Balaban J connectivity index is 1.56. The van der Waals surface area contributed by atoms with E-state index in [9.17, 15) is 27.2 Å². The number of halogens is 4. The lowest BCUT2D eigenvalue weighted by Gasteiger charge is -2.18. The van der Waals surface area contributed by atoms with E-state index in [-0.39, 0.29) is 17.3 Å². The fraction of sp³-hybridized carbons (Fsp3) is 0.238. The van der Waals surface area contributed by atoms with Crippen LogP contribution in [0.4, 0.5) is 23.2 Å². The lowest BCUT2D eigenvalue weighted by atomic mass is 10.1. The first-order valence-electron chi connectivity index (χ1n) is 9.54. The zero-order valence-corrected chi connectivity index (χ0v) is 18.4. The van der Waals surface area contributed by atoms with Crippen LogP contribution in [-0.4, -0.2) is 50.8 Å². The number of carbonyl (C=O) groups is 2. The highest BCUT2D eigenvalue weighted by Crippen LogP contribution is 2.34. The van der Waals surface area contributed by atoms with Gasteiger partial charge in [-0.2, -0.15) is 13.2 Å². The first-order valence-corrected chi connectivity index (χ1v) is 10.5. The Morgan fingerprint density at radius 3 is 2.42 bits per heavy atom. The summed E-state index contributed by atoms with van der Waals surface area (Å²) in [5.74, 6) is -1.15. The molecule has 1 N–H and O–H groups in total. The molecule has 0 radical (unpaired) electrons. The molecule has 0 saturated carbocycles. The van der Waals surface area contributed by atoms with Gasteiger partial charge in [0.05, 0.1) is 23.5 Å². The third-order valence-corrected chi connectivity index (χ3v) is 5.58. The molecule has 2 amide bonds. The van der Waals surface area contributed by atoms with Crippen molar-refractivity contribution in [3.63, 3.8) is 0 Å². The van der Waals surface area contributed by atoms with Gasteiger partial charge < -0.3 is 14.8 Å². The van der Waals surface area contributed by atoms with E-state index < -0.39 is 30.1 Å². The third kappa shape index (κ3) is 6.09. The molecule has 2 aromatic carbocycles. The van der Waals surface area contributed by atoms with E-state index in [4.69, 9.17) is 0 Å². The number of anilines is 1. The molecular formula is C21H19F4N5O2S. The van der Waals surface area contributed by atoms with E-state index in [1.165, 1.54) is 31.3 Å². The predicted octanol–water partition coefficient (Wildman–Crippen LogP) is 3.83. The molecule has 0 unspecified atom stereocenters. The Kier molecular flexibility index (Phi) is 7.36. The molecule has 1 heterocycles. The monoisotopic (exact) mass is 481 g/mol. The molecule has 0 aliphatic heterocycles. The molecule has 0 aliphatic rings. The molecular weight excluding hydrogens is 462 g/mol. The van der Waals surface area contributed by atoms with Crippen molar-refractivity contribution in [3.8, 4) is 11.4 Å². The van der Waals surface area contributed by atoms with E-state index in [1.807, 2.05) is 0 Å². The minimum absolute atomic E-state index is 0.0711. The zero-order valence-electron chi connectivity index (χ0n) is 17.6. The standard InChI is InChI=1S/C21H19F4N5O2S/c1-29(11-17(31)26-16-6-4-3-5-15(16)21(23,24)25)18(32)12-33-20-28-27-19(30(20)2)13-7-9-14(22)10-8-13/h3-10H,11-12H2,1-2H3,(H,26,31). The fourth-order valence-electron chi connectivity index (χ4n) is 2.86. The zero-order chi connectivity index (χ0) is 24.2. The quantitative estimate of drug-likeness (QED) is 0.410. The summed E-state index contributed by atoms with van der Waals surface area (Å²) in [4.78, 5) is 25.7. The Bertz CT molecular complexity index is 1150. The van der Waals surface area contributed by atoms with Crippen LogP contribution in [0.1, 0.15) is 5.56 Å². The average molecular weight is 481 g/mol. The van der Waals surface area contributed by atoms with E-state index in [0.29, 0.717) is 16.5 Å². The van der Waals surface area contributed by atoms with Crippen LogP contribution in [-0.2, 0) is 22.8 Å². The van der Waals surface area contributed by atoms with E-state index in [2.05, 4.69) is 15.5 Å². The Hall–Kier alpha value is -3.41. The molecule has 1 aromatic heterocycles. The molecule has 0 saturated heterocycles. The molecule has 7 nitrogen and oxygen atoms in total. The van der Waals surface area contributed by atoms with Crippen molar-refractivity contribution in [3.05, 3.63) is 59.9 Å². The molecule has 33 heavy (non-hydrogen) atoms. The van der Waals surface area contributed by atoms with Crippen LogP contribution < -0.4 is 5.32 Å². The van der Waals surface area contributed by atoms with Crippen LogP contribution in [0.3, 0.4) is 0 Å². The number of carbonyl (C=O) groups excluding carboxylic acids is 2. The van der Waals surface area contributed by atoms with Crippen LogP contribution >= 0.6 is 11.8 Å². The first-order chi connectivity index (χ1) is 15.6. The van der Waals surface area contributed by atoms with Gasteiger partial charge in [-0.05, 0) is 36.4 Å². The number of rotatable bonds is 7. The van der Waals surface area contributed by atoms with Gasteiger partial charge in [0.25, 0.3) is 0 Å². The number of thioether (sulfide) groups is 1. The van der Waals surface area contributed by atoms with Crippen LogP contribution in [0.2, 0.25) is 0 Å². The number of hydrogen-bond donors (Lipinski definition) is 1. The minimum atomic E-state index is -4.62. The molecule has 174 valence electrons. The SMILES string of the molecule is CN(CC(=O)Nc1ccccc1C(F)(F)F)C(=O)CSc1nnc(-c2ccc(F)cc2)n1C. The second kappa shape index (κ2) is 10.0. The highest BCUT2D eigenvalue weighted by molar-refractivity contribution is 7.99. The lowest BCUT2D eigenvalue weighted by Crippen LogP contribution is -2.36. The van der Waals surface area contributed by atoms with E-state index >= 15 is 0 Å². The van der Waals surface area contributed by atoms with Crippen LogP contribution in [0.15, 0.2) is 53.7 Å². The maximum atomic E-state index is 13.1. The van der Waals surface area contributed by atoms with E-state index in [0.717, 1.165) is 28.8 Å². The molecule has 0 bridgehead atoms. The maximum absolute atomic E-state index is 13.1. The smallest absolute Gasteiger partial charge is 0.336 e. The predicted molar refractivity (Wildman–Crippen MR) is 115 cm³/mol. The van der Waals surface area contributed by atoms with Crippen molar-refractivity contribution in [2.24, 2.45) is 7.05 Å². The normalized spacial score (nSPS) is 11.3. The molecule has 3 aromatic rings. The topological polar surface area (TPSA) is 80.1 Å². The summed E-state index contributed by atoms with van der Waals surface area (Å²) in [6.45, 7) is -0.425. The van der Waals surface area contributed by atoms with Gasteiger partial charge >= 0.3 is 6.18 Å². The van der Waals surface area contributed by atoms with Crippen molar-refractivity contribution in [2.75, 3.05) is 24.7 Å². The van der Waals surface area contributed by atoms with Crippen molar-refractivity contribution < 1.29 is 27.2 Å². The fourth-order valence-corrected chi connectivity index (χ4v) is 3.71. The molecule has 12 heteroatoms. The summed E-state index contributed by atoms with van der Waals surface area (Å²) in [6, 6.07) is 10.3. The van der Waals surface area contributed by atoms with Crippen LogP contribution in [0, 0.1) is 5.82 Å². The van der Waals surface area contributed by atoms with Gasteiger partial charge in [0.2, 0.25) is 11.8 Å². The largest absolute Gasteiger partial charge is 0.418 e. The number of benzene rings is 2. The van der Waals surface area contributed by atoms with Gasteiger partial charge in [-0.25, -0.2) is 4.39 Å². The number of nitrogens with one attached hydrogen (secondary N) is 1. The van der Waals surface area contributed by atoms with Crippen molar-refractivity contribution in [1.29, 1.82) is 0 Å². The summed E-state index contributed by atoms with van der Waals surface area (Å²) >= 11 is 1.08. The summed E-state index contributed by atoms with van der Waals surface area (Å²) in [5.41, 5.74) is -0.697. The number of alkyl halides is 3. The van der Waals surface area contributed by atoms with Crippen molar-refractivity contribution in [2.45, 2.75) is 11.3 Å². The van der Waals surface area contributed by atoms with Crippen molar-refractivity contribution >= 4 is 29.3 Å². The third-order valence-electron chi connectivity index (χ3n) is 4.58. The average Bonchev–Trinajstić information content (AvgIpc) is 3.12. The number of hydrogen-bond acceptors (Lipinski definition) is 5. The number of likely N-dealkylation sites (N-methyl/N-ethyl adjacent to an activating group) is 1. The van der Waals surface area contributed by atoms with Gasteiger partial charge in [-0.3, -0.25) is 9.59 Å². The second-order valence-corrected chi connectivity index (χ2v) is 7.94. The first kappa shape index (κ1) is 24.2. The van der Waals surface area contributed by atoms with Gasteiger partial charge in [-0.15, -0.1) is 10.2 Å². The Morgan fingerprint density at radius 2 is 1.76 bits per heavy atom. The maximum Gasteiger partial charge on any atom is 0.418 e. The highest BCUT2D eigenvalue weighted by atomic mass is 32.2. The molecule has 3 rings (SSSR count). The highest BCUT2D eigenvalue weighted by Gasteiger charge is 2.33. The molecule has 0 fully saturated rings. The van der Waals surface area contributed by atoms with Gasteiger partial charge in [-0.1, -0.05) is 23.9 Å². The number of aromatic nitrogens is 3. The van der Waals surface area contributed by atoms with Gasteiger partial charge in [0.1, 0.15) is 5.82 Å². The minimum Gasteiger partial charge on any atom is -0.336 e. The summed E-state index contributed by atoms with van der Waals surface area (Å²) < 4.78 is 53.9. The summed E-state index contributed by atoms with van der Waals surface area (Å²) in [6.07, 6.45) is -4.62. The number of para-hydroxylation sites is 1. The number of nitrogens with zero attached hydrogens (tertiary/aromatic N) is 4. The Labute approximate surface area is 190 Å². The van der Waals surface area contributed by atoms with Crippen LogP contribution in [0.25, 0.3) is 11.4 Å². The molecule has 0 atom stereocenters. The van der Waals surface area contributed by atoms with Gasteiger partial charge in [0.15, 0.2) is 11.0 Å². The molecule has 0 aliphatic carbocycles. The summed E-state index contributed by atoms with van der Waals surface area (Å²) in [7, 11) is 3.07. The van der Waals surface area contributed by atoms with Crippen LogP contribution in [0.5, 0.6) is 0 Å². The van der Waals surface area contributed by atoms with Crippen molar-refractivity contribution in [1.82, 2.24) is 19.7 Å². The number of amides is 2. The lowest BCUT2D eigenvalue weighted by molar-refractivity contribution is -0.137.